The maximum atomic E-state index is 13.2. The van der Waals surface area contributed by atoms with Gasteiger partial charge in [-0.25, -0.2) is 14.0 Å². The Morgan fingerprint density at radius 1 is 1.52 bits per heavy atom. The second kappa shape index (κ2) is 6.34. The van der Waals surface area contributed by atoms with Crippen molar-refractivity contribution in [1.29, 1.82) is 0 Å². The van der Waals surface area contributed by atoms with Gasteiger partial charge in [0.15, 0.2) is 0 Å². The number of hydrogen-bond acceptors (Lipinski definition) is 3. The summed E-state index contributed by atoms with van der Waals surface area (Å²) in [7, 11) is 0. The summed E-state index contributed by atoms with van der Waals surface area (Å²) in [6.07, 6.45) is 0. The number of hydrogen-bond donors (Lipinski definition) is 2. The highest BCUT2D eigenvalue weighted by molar-refractivity contribution is 8.00. The lowest BCUT2D eigenvalue weighted by atomic mass is 10.1. The zero-order valence-corrected chi connectivity index (χ0v) is 12.6. The molecule has 0 radical (unpaired) electrons. The van der Waals surface area contributed by atoms with Crippen molar-refractivity contribution in [2.75, 3.05) is 5.75 Å². The molecule has 114 valence electrons. The Kier molecular flexibility index (Phi) is 4.72. The monoisotopic (exact) mass is 312 g/mol. The van der Waals surface area contributed by atoms with Gasteiger partial charge in [-0.3, -0.25) is 4.90 Å². The number of nitrogens with zero attached hydrogens (tertiary/aromatic N) is 1. The third-order valence-corrected chi connectivity index (χ3v) is 4.65. The molecule has 1 aromatic carbocycles. The van der Waals surface area contributed by atoms with E-state index in [9.17, 15) is 14.0 Å². The number of benzene rings is 1. The molecule has 1 aromatic rings. The number of carboxylic acid groups (broad SMARTS) is 1. The summed E-state index contributed by atoms with van der Waals surface area (Å²) in [5.41, 5.74) is 0.634. The molecule has 0 aliphatic carbocycles. The van der Waals surface area contributed by atoms with Crippen LogP contribution in [0.25, 0.3) is 0 Å². The fourth-order valence-electron chi connectivity index (χ4n) is 2.26. The van der Waals surface area contributed by atoms with Crippen molar-refractivity contribution >= 4 is 23.8 Å². The summed E-state index contributed by atoms with van der Waals surface area (Å²) in [6.45, 7) is 3.52. The molecule has 2 amide bonds. The number of carboxylic acids is 1. The van der Waals surface area contributed by atoms with Crippen LogP contribution in [0.1, 0.15) is 25.5 Å². The van der Waals surface area contributed by atoms with E-state index in [2.05, 4.69) is 5.32 Å². The second-order valence-corrected chi connectivity index (χ2v) is 6.27. The smallest absolute Gasteiger partial charge is 0.327 e. The number of aliphatic carboxylic acids is 1. The lowest BCUT2D eigenvalue weighted by Gasteiger charge is -2.27. The van der Waals surface area contributed by atoms with E-state index in [4.69, 9.17) is 5.11 Å². The van der Waals surface area contributed by atoms with Crippen LogP contribution in [0.15, 0.2) is 24.3 Å². The van der Waals surface area contributed by atoms with Gasteiger partial charge in [0.2, 0.25) is 0 Å². The van der Waals surface area contributed by atoms with Crippen LogP contribution >= 0.6 is 11.8 Å². The number of thioether (sulfide) groups is 1. The van der Waals surface area contributed by atoms with Crippen LogP contribution in [-0.2, 0) is 4.79 Å². The van der Waals surface area contributed by atoms with Gasteiger partial charge in [0, 0.05) is 5.75 Å². The fourth-order valence-corrected chi connectivity index (χ4v) is 3.43. The number of carbonyl (C=O) groups excluding carboxylic acids is 1. The van der Waals surface area contributed by atoms with Gasteiger partial charge in [-0.1, -0.05) is 12.1 Å². The Hall–Kier alpha value is -1.76. The van der Waals surface area contributed by atoms with Crippen molar-refractivity contribution in [3.63, 3.8) is 0 Å². The molecule has 0 bridgehead atoms. The Bertz CT molecular complexity index is 555. The Morgan fingerprint density at radius 3 is 2.86 bits per heavy atom. The first kappa shape index (κ1) is 15.6. The highest BCUT2D eigenvalue weighted by Gasteiger charge is 2.39. The first-order valence-electron chi connectivity index (χ1n) is 6.59. The molecule has 2 rings (SSSR count). The molecule has 5 nitrogen and oxygen atoms in total. The molecule has 1 fully saturated rings. The van der Waals surface area contributed by atoms with Crippen molar-refractivity contribution in [3.05, 3.63) is 35.6 Å². The van der Waals surface area contributed by atoms with Crippen LogP contribution < -0.4 is 5.32 Å². The van der Waals surface area contributed by atoms with E-state index in [-0.39, 0.29) is 11.2 Å². The average Bonchev–Trinajstić information content (AvgIpc) is 2.80. The molecule has 2 N–H and O–H groups in total. The SMILES string of the molecule is CC(NC(=O)N1C(C)SCC1C(=O)O)c1cccc(F)c1. The number of halogens is 1. The number of amides is 2. The van der Waals surface area contributed by atoms with E-state index in [0.29, 0.717) is 11.3 Å². The normalized spacial score (nSPS) is 22.9. The highest BCUT2D eigenvalue weighted by atomic mass is 32.2. The summed E-state index contributed by atoms with van der Waals surface area (Å²) in [5, 5.41) is 11.7. The van der Waals surface area contributed by atoms with Crippen molar-refractivity contribution in [2.45, 2.75) is 31.3 Å². The van der Waals surface area contributed by atoms with Crippen molar-refractivity contribution < 1.29 is 19.1 Å². The Labute approximate surface area is 126 Å². The third-order valence-electron chi connectivity index (χ3n) is 3.43. The quantitative estimate of drug-likeness (QED) is 0.899. The fraction of sp³-hybridized carbons (Fsp3) is 0.429. The summed E-state index contributed by atoms with van der Waals surface area (Å²) >= 11 is 1.42. The van der Waals surface area contributed by atoms with Crippen molar-refractivity contribution in [3.8, 4) is 0 Å². The van der Waals surface area contributed by atoms with E-state index >= 15 is 0 Å². The Balaban J connectivity index is 2.08. The Morgan fingerprint density at radius 2 is 2.24 bits per heavy atom. The minimum absolute atomic E-state index is 0.203. The van der Waals surface area contributed by atoms with Crippen LogP contribution in [-0.4, -0.2) is 39.2 Å². The minimum Gasteiger partial charge on any atom is -0.480 e. The molecule has 1 aliphatic heterocycles. The molecule has 0 saturated carbocycles. The maximum Gasteiger partial charge on any atom is 0.327 e. The van der Waals surface area contributed by atoms with Crippen LogP contribution in [0.4, 0.5) is 9.18 Å². The largest absolute Gasteiger partial charge is 0.480 e. The predicted octanol–water partition coefficient (Wildman–Crippen LogP) is 2.44. The lowest BCUT2D eigenvalue weighted by Crippen LogP contribution is -2.49. The third kappa shape index (κ3) is 3.47. The standard InChI is InChI=1S/C14H17FN2O3S/c1-8(10-4-3-5-11(15)6-10)16-14(20)17-9(2)21-7-12(17)13(18)19/h3-6,8-9,12H,7H2,1-2H3,(H,16,20)(H,18,19). The van der Waals surface area contributed by atoms with Gasteiger partial charge in [-0.2, -0.15) is 0 Å². The van der Waals surface area contributed by atoms with Crippen molar-refractivity contribution in [2.24, 2.45) is 0 Å². The van der Waals surface area contributed by atoms with Crippen LogP contribution in [0.3, 0.4) is 0 Å². The van der Waals surface area contributed by atoms with Gasteiger partial charge >= 0.3 is 12.0 Å². The number of carbonyl (C=O) groups is 2. The molecule has 21 heavy (non-hydrogen) atoms. The summed E-state index contributed by atoms with van der Waals surface area (Å²) in [5.74, 6) is -1.01. The first-order chi connectivity index (χ1) is 9.90. The summed E-state index contributed by atoms with van der Waals surface area (Å²) < 4.78 is 13.2. The summed E-state index contributed by atoms with van der Waals surface area (Å²) in [4.78, 5) is 24.8. The molecular weight excluding hydrogens is 295 g/mol. The zero-order valence-electron chi connectivity index (χ0n) is 11.7. The predicted molar refractivity (Wildman–Crippen MR) is 78.5 cm³/mol. The topological polar surface area (TPSA) is 69.6 Å². The van der Waals surface area contributed by atoms with Gasteiger partial charge in [0.1, 0.15) is 11.9 Å². The van der Waals surface area contributed by atoms with E-state index < -0.39 is 24.1 Å². The van der Waals surface area contributed by atoms with E-state index in [1.165, 1.54) is 28.8 Å². The van der Waals surface area contributed by atoms with E-state index in [1.54, 1.807) is 26.0 Å². The van der Waals surface area contributed by atoms with Crippen LogP contribution in [0.2, 0.25) is 0 Å². The molecule has 7 heteroatoms. The van der Waals surface area contributed by atoms with Gasteiger partial charge in [-0.05, 0) is 31.5 Å². The average molecular weight is 312 g/mol. The second-order valence-electron chi connectivity index (χ2n) is 4.92. The van der Waals surface area contributed by atoms with Crippen LogP contribution in [0.5, 0.6) is 0 Å². The number of urea groups is 1. The molecule has 3 unspecified atom stereocenters. The summed E-state index contributed by atoms with van der Waals surface area (Å²) in [6, 6.07) is 4.29. The molecule has 1 aliphatic rings. The van der Waals surface area contributed by atoms with E-state index in [0.717, 1.165) is 0 Å². The van der Waals surface area contributed by atoms with Gasteiger partial charge in [-0.15, -0.1) is 11.8 Å². The highest BCUT2D eigenvalue weighted by Crippen LogP contribution is 2.29. The van der Waals surface area contributed by atoms with Crippen molar-refractivity contribution in [1.82, 2.24) is 10.2 Å². The number of rotatable bonds is 3. The molecule has 0 aromatic heterocycles. The molecule has 0 spiro atoms. The van der Waals surface area contributed by atoms with Gasteiger partial charge in [0.05, 0.1) is 11.4 Å². The first-order valence-corrected chi connectivity index (χ1v) is 7.63. The number of nitrogens with one attached hydrogen (secondary N) is 1. The van der Waals surface area contributed by atoms with Gasteiger partial charge < -0.3 is 10.4 Å². The van der Waals surface area contributed by atoms with Crippen LogP contribution in [0, 0.1) is 5.82 Å². The lowest BCUT2D eigenvalue weighted by molar-refractivity contribution is -0.141. The molecule has 3 atom stereocenters. The zero-order chi connectivity index (χ0) is 15.6. The van der Waals surface area contributed by atoms with Gasteiger partial charge in [0.25, 0.3) is 0 Å². The molecular formula is C14H17FN2O3S. The maximum absolute atomic E-state index is 13.2. The van der Waals surface area contributed by atoms with E-state index in [1.807, 2.05) is 0 Å². The molecule has 1 saturated heterocycles. The molecule has 1 heterocycles. The minimum atomic E-state index is -1.01.